The fourth-order valence-corrected chi connectivity index (χ4v) is 3.75. The number of nitrogens with zero attached hydrogens (tertiary/aromatic N) is 3. The molecule has 1 N–H and O–H groups in total. The van der Waals surface area contributed by atoms with Gasteiger partial charge in [-0.25, -0.2) is 4.52 Å². The van der Waals surface area contributed by atoms with Crippen LogP contribution < -0.4 is 29.8 Å². The minimum atomic E-state index is -0.316. The van der Waals surface area contributed by atoms with Gasteiger partial charge in [0.2, 0.25) is 12.7 Å². The van der Waals surface area contributed by atoms with Crippen LogP contribution >= 0.6 is 0 Å². The van der Waals surface area contributed by atoms with Gasteiger partial charge in [0.25, 0.3) is 5.56 Å². The van der Waals surface area contributed by atoms with E-state index in [1.807, 2.05) is 24.3 Å². The Balaban J connectivity index is 1.31. The van der Waals surface area contributed by atoms with Crippen LogP contribution in [0.3, 0.4) is 0 Å². The Bertz CT molecular complexity index is 1440. The maximum Gasteiger partial charge on any atom is 0.277 e. The van der Waals surface area contributed by atoms with Gasteiger partial charge in [0.15, 0.2) is 23.0 Å². The average Bonchev–Trinajstić information content (AvgIpc) is 3.51. The molecule has 2 aromatic carbocycles. The van der Waals surface area contributed by atoms with Crippen molar-refractivity contribution in [1.29, 1.82) is 0 Å². The van der Waals surface area contributed by atoms with Crippen molar-refractivity contribution in [3.63, 3.8) is 0 Å². The predicted molar refractivity (Wildman–Crippen MR) is 122 cm³/mol. The standard InChI is InChI=1S/C24H22N4O6/c1-31-19-5-3-15(9-21(19)32-2)12-25-23(29)13-27-7-8-28-18(24(27)30)11-17(26-28)16-4-6-20-22(10-16)34-14-33-20/h3-11H,12-14H2,1-2H3,(H,25,29). The van der Waals surface area contributed by atoms with Crippen LogP contribution in [-0.2, 0) is 17.9 Å². The van der Waals surface area contributed by atoms with Gasteiger partial charge in [-0.3, -0.25) is 9.59 Å². The van der Waals surface area contributed by atoms with E-state index in [9.17, 15) is 9.59 Å². The molecule has 1 amide bonds. The quantitative estimate of drug-likeness (QED) is 0.449. The van der Waals surface area contributed by atoms with Gasteiger partial charge in [-0.15, -0.1) is 0 Å². The lowest BCUT2D eigenvalue weighted by molar-refractivity contribution is -0.121. The summed E-state index contributed by atoms with van der Waals surface area (Å²) in [6.45, 7) is 0.354. The molecule has 5 rings (SSSR count). The highest BCUT2D eigenvalue weighted by atomic mass is 16.7. The molecule has 1 aliphatic rings. The largest absolute Gasteiger partial charge is 0.493 e. The van der Waals surface area contributed by atoms with Crippen LogP contribution in [0.4, 0.5) is 0 Å². The second-order valence-corrected chi connectivity index (χ2v) is 7.62. The Morgan fingerprint density at radius 1 is 1.03 bits per heavy atom. The van der Waals surface area contributed by atoms with E-state index in [4.69, 9.17) is 18.9 Å². The summed E-state index contributed by atoms with van der Waals surface area (Å²) in [6, 6.07) is 12.6. The molecule has 34 heavy (non-hydrogen) atoms. The number of benzene rings is 2. The van der Waals surface area contributed by atoms with Crippen LogP contribution in [0.25, 0.3) is 16.8 Å². The summed E-state index contributed by atoms with van der Waals surface area (Å²) in [6.07, 6.45) is 3.19. The summed E-state index contributed by atoms with van der Waals surface area (Å²) in [5.41, 5.74) is 2.31. The molecule has 174 valence electrons. The van der Waals surface area contributed by atoms with Crippen LogP contribution in [0.2, 0.25) is 0 Å². The molecule has 2 aromatic heterocycles. The molecule has 0 fully saturated rings. The molecule has 0 atom stereocenters. The van der Waals surface area contributed by atoms with Crippen molar-refractivity contribution in [2.75, 3.05) is 21.0 Å². The van der Waals surface area contributed by atoms with E-state index in [0.29, 0.717) is 34.2 Å². The molecular weight excluding hydrogens is 440 g/mol. The summed E-state index contributed by atoms with van der Waals surface area (Å²) in [7, 11) is 3.11. The zero-order valence-corrected chi connectivity index (χ0v) is 18.6. The minimum Gasteiger partial charge on any atom is -0.493 e. The summed E-state index contributed by atoms with van der Waals surface area (Å²) in [5, 5.41) is 7.30. The van der Waals surface area contributed by atoms with E-state index >= 15 is 0 Å². The molecule has 0 spiro atoms. The molecular formula is C24H22N4O6. The lowest BCUT2D eigenvalue weighted by Gasteiger charge is -2.11. The molecule has 4 aromatic rings. The van der Waals surface area contributed by atoms with E-state index in [0.717, 1.165) is 11.1 Å². The summed E-state index contributed by atoms with van der Waals surface area (Å²) >= 11 is 0. The molecule has 0 saturated carbocycles. The number of carbonyl (C=O) groups is 1. The van der Waals surface area contributed by atoms with E-state index in [2.05, 4.69) is 10.4 Å². The molecule has 1 aliphatic heterocycles. The number of rotatable bonds is 7. The molecule has 3 heterocycles. The Labute approximate surface area is 194 Å². The van der Waals surface area contributed by atoms with Gasteiger partial charge in [0, 0.05) is 24.5 Å². The van der Waals surface area contributed by atoms with Crippen molar-refractivity contribution in [2.24, 2.45) is 0 Å². The third-order valence-electron chi connectivity index (χ3n) is 5.52. The van der Waals surface area contributed by atoms with E-state index in [1.54, 1.807) is 44.8 Å². The fraction of sp³-hybridized carbons (Fsp3) is 0.208. The van der Waals surface area contributed by atoms with Crippen molar-refractivity contribution >= 4 is 11.4 Å². The van der Waals surface area contributed by atoms with Gasteiger partial charge >= 0.3 is 0 Å². The minimum absolute atomic E-state index is 0.118. The van der Waals surface area contributed by atoms with Gasteiger partial charge in [0.05, 0.1) is 19.9 Å². The lowest BCUT2D eigenvalue weighted by Crippen LogP contribution is -2.32. The van der Waals surface area contributed by atoms with Crippen molar-refractivity contribution in [3.05, 3.63) is 70.8 Å². The van der Waals surface area contributed by atoms with E-state index in [1.165, 1.54) is 9.08 Å². The third kappa shape index (κ3) is 4.01. The smallest absolute Gasteiger partial charge is 0.277 e. The number of hydrogen-bond donors (Lipinski definition) is 1. The van der Waals surface area contributed by atoms with Gasteiger partial charge in [-0.2, -0.15) is 5.10 Å². The maximum atomic E-state index is 13.0. The molecule has 0 saturated heterocycles. The second-order valence-electron chi connectivity index (χ2n) is 7.62. The number of carbonyl (C=O) groups excluding carboxylic acids is 1. The average molecular weight is 462 g/mol. The van der Waals surface area contributed by atoms with Crippen molar-refractivity contribution in [2.45, 2.75) is 13.1 Å². The maximum absolute atomic E-state index is 13.0. The highest BCUT2D eigenvalue weighted by molar-refractivity contribution is 5.76. The number of methoxy groups -OCH3 is 2. The lowest BCUT2D eigenvalue weighted by atomic mass is 10.1. The van der Waals surface area contributed by atoms with Gasteiger partial charge in [-0.05, 0) is 42.0 Å². The summed E-state index contributed by atoms with van der Waals surface area (Å²) in [4.78, 5) is 25.5. The van der Waals surface area contributed by atoms with Crippen molar-refractivity contribution in [3.8, 4) is 34.3 Å². The highest BCUT2D eigenvalue weighted by Crippen LogP contribution is 2.35. The van der Waals surface area contributed by atoms with Crippen LogP contribution in [-0.4, -0.2) is 41.1 Å². The summed E-state index contributed by atoms with van der Waals surface area (Å²) in [5.74, 6) is 2.21. The Hall–Kier alpha value is -4.47. The zero-order chi connectivity index (χ0) is 23.7. The Morgan fingerprint density at radius 2 is 1.85 bits per heavy atom. The van der Waals surface area contributed by atoms with Crippen molar-refractivity contribution in [1.82, 2.24) is 19.5 Å². The molecule has 0 unspecified atom stereocenters. The number of aromatic nitrogens is 3. The Kier molecular flexibility index (Phi) is 5.54. The van der Waals surface area contributed by atoms with Crippen LogP contribution in [0.15, 0.2) is 59.7 Å². The first-order valence-electron chi connectivity index (χ1n) is 10.5. The third-order valence-corrected chi connectivity index (χ3v) is 5.52. The number of fused-ring (bicyclic) bond motifs is 2. The first kappa shape index (κ1) is 21.4. The number of ether oxygens (including phenoxy) is 4. The van der Waals surface area contributed by atoms with E-state index < -0.39 is 0 Å². The molecule has 0 radical (unpaired) electrons. The van der Waals surface area contributed by atoms with Crippen LogP contribution in [0, 0.1) is 0 Å². The summed E-state index contributed by atoms with van der Waals surface area (Å²) < 4.78 is 24.1. The van der Waals surface area contributed by atoms with Gasteiger partial charge < -0.3 is 28.8 Å². The predicted octanol–water partition coefficient (Wildman–Crippen LogP) is 2.23. The highest BCUT2D eigenvalue weighted by Gasteiger charge is 2.16. The molecule has 0 aliphatic carbocycles. The van der Waals surface area contributed by atoms with Crippen LogP contribution in [0.1, 0.15) is 5.56 Å². The number of hydrogen-bond acceptors (Lipinski definition) is 7. The fourth-order valence-electron chi connectivity index (χ4n) is 3.75. The van der Waals surface area contributed by atoms with Crippen molar-refractivity contribution < 1.29 is 23.7 Å². The first-order valence-corrected chi connectivity index (χ1v) is 10.5. The number of nitrogens with one attached hydrogen (secondary N) is 1. The van der Waals surface area contributed by atoms with E-state index in [-0.39, 0.29) is 31.3 Å². The molecule has 10 heteroatoms. The monoisotopic (exact) mass is 462 g/mol. The Morgan fingerprint density at radius 3 is 2.68 bits per heavy atom. The van der Waals surface area contributed by atoms with Gasteiger partial charge in [0.1, 0.15) is 12.1 Å². The first-order chi connectivity index (χ1) is 16.6. The van der Waals surface area contributed by atoms with Crippen LogP contribution in [0.5, 0.6) is 23.0 Å². The normalized spacial score (nSPS) is 12.1. The SMILES string of the molecule is COc1ccc(CNC(=O)Cn2ccn3nc(-c4ccc5c(c4)OCO5)cc3c2=O)cc1OC. The molecule has 10 nitrogen and oxygen atoms in total. The topological polar surface area (TPSA) is 105 Å². The van der Waals surface area contributed by atoms with Gasteiger partial charge in [-0.1, -0.05) is 6.07 Å². The zero-order valence-electron chi connectivity index (χ0n) is 18.6. The number of amides is 1. The molecule has 0 bridgehead atoms. The second kappa shape index (κ2) is 8.81.